The van der Waals surface area contributed by atoms with Gasteiger partial charge in [0.15, 0.2) is 5.82 Å². The molecule has 3 aliphatic heterocycles. The molecule has 0 saturated carbocycles. The van der Waals surface area contributed by atoms with Crippen LogP contribution >= 0.6 is 0 Å². The van der Waals surface area contributed by atoms with E-state index in [4.69, 9.17) is 15.9 Å². The van der Waals surface area contributed by atoms with E-state index < -0.39 is 23.4 Å². The first-order chi connectivity index (χ1) is 23.8. The third-order valence-electron chi connectivity index (χ3n) is 9.85. The van der Waals surface area contributed by atoms with Gasteiger partial charge in [-0.05, 0) is 71.4 Å². The highest BCUT2D eigenvalue weighted by molar-refractivity contribution is 6.02. The lowest BCUT2D eigenvalue weighted by molar-refractivity contribution is 0.0233. The number of carbonyl (C=O) groups excluding carboxylic acids is 1. The minimum atomic E-state index is -0.715. The van der Waals surface area contributed by atoms with Crippen molar-refractivity contribution in [2.24, 2.45) is 0 Å². The zero-order valence-electron chi connectivity index (χ0n) is 29.3. The molecule has 2 aromatic carbocycles. The number of terminal acetylenes is 1. The molecule has 2 unspecified atom stereocenters. The van der Waals surface area contributed by atoms with Crippen molar-refractivity contribution in [1.29, 1.82) is 0 Å². The molecular formula is C38H43F3N6O3. The van der Waals surface area contributed by atoms with Crippen molar-refractivity contribution in [3.05, 3.63) is 53.7 Å². The number of benzene rings is 2. The van der Waals surface area contributed by atoms with Crippen LogP contribution in [0.5, 0.6) is 6.01 Å². The molecule has 7 rings (SSSR count). The van der Waals surface area contributed by atoms with Crippen molar-refractivity contribution < 1.29 is 27.4 Å². The van der Waals surface area contributed by atoms with Crippen LogP contribution in [0.3, 0.4) is 0 Å². The number of carbonyl (C=O) groups is 1. The van der Waals surface area contributed by atoms with Crippen LogP contribution in [0, 0.1) is 24.0 Å². The number of hydrogen-bond acceptors (Lipinski definition) is 8. The minimum Gasteiger partial charge on any atom is -0.467 e. The van der Waals surface area contributed by atoms with E-state index in [-0.39, 0.29) is 41.0 Å². The number of amides is 1. The van der Waals surface area contributed by atoms with Crippen LogP contribution in [0.4, 0.5) is 23.8 Å². The van der Waals surface area contributed by atoms with Gasteiger partial charge >= 0.3 is 12.1 Å². The van der Waals surface area contributed by atoms with Crippen LogP contribution in [-0.2, 0) is 4.74 Å². The summed E-state index contributed by atoms with van der Waals surface area (Å²) in [5.74, 6) is 1.50. The SMILES string of the molecule is C#Cc1c(F)ccc2cccc(-c3ncc4c(N(C)[C@@H]5CCN(C(=O)OC(C)(C)C)[C@@H]5C)nc(OC)nc4c3F)c12.FC1CC2CCCN2C1. The number of likely N-dealkylation sites (N-methyl/N-ethyl adjacent to an activating group) is 1. The lowest BCUT2D eigenvalue weighted by Crippen LogP contribution is -2.45. The summed E-state index contributed by atoms with van der Waals surface area (Å²) in [5, 5.41) is 1.41. The lowest BCUT2D eigenvalue weighted by Gasteiger charge is -2.33. The molecule has 3 aliphatic rings. The maximum atomic E-state index is 16.3. The molecular weight excluding hydrogens is 645 g/mol. The Kier molecular flexibility index (Phi) is 9.82. The number of aromatic nitrogens is 3. The van der Waals surface area contributed by atoms with Crippen LogP contribution in [0.2, 0.25) is 0 Å². The Hall–Kier alpha value is -4.63. The van der Waals surface area contributed by atoms with Gasteiger partial charge in [0.2, 0.25) is 0 Å². The second-order valence-electron chi connectivity index (χ2n) is 14.2. The molecule has 3 fully saturated rings. The number of likely N-dealkylation sites (tertiary alicyclic amines) is 1. The van der Waals surface area contributed by atoms with Gasteiger partial charge in [-0.1, -0.05) is 30.2 Å². The Bertz CT molecular complexity index is 1950. The average molecular weight is 689 g/mol. The molecule has 3 saturated heterocycles. The van der Waals surface area contributed by atoms with Gasteiger partial charge in [-0.15, -0.1) is 6.42 Å². The summed E-state index contributed by atoms with van der Waals surface area (Å²) in [5.41, 5.74) is -0.266. The fourth-order valence-corrected chi connectivity index (χ4v) is 7.46. The molecule has 1 amide bonds. The normalized spacial score (nSPS) is 21.9. The van der Waals surface area contributed by atoms with Crippen molar-refractivity contribution in [2.75, 3.05) is 38.7 Å². The first kappa shape index (κ1) is 35.2. The molecule has 5 heterocycles. The first-order valence-corrected chi connectivity index (χ1v) is 17.0. The van der Waals surface area contributed by atoms with Gasteiger partial charge in [-0.2, -0.15) is 9.97 Å². The van der Waals surface area contributed by atoms with E-state index in [0.717, 1.165) is 13.0 Å². The molecule has 0 radical (unpaired) electrons. The largest absolute Gasteiger partial charge is 0.467 e. The monoisotopic (exact) mass is 688 g/mol. The number of nitrogens with zero attached hydrogens (tertiary/aromatic N) is 6. The number of fused-ring (bicyclic) bond motifs is 3. The number of anilines is 1. The summed E-state index contributed by atoms with van der Waals surface area (Å²) in [6.07, 6.45) is 10.2. The predicted molar refractivity (Wildman–Crippen MR) is 188 cm³/mol. The second-order valence-corrected chi connectivity index (χ2v) is 14.2. The van der Waals surface area contributed by atoms with E-state index in [1.54, 1.807) is 29.2 Å². The highest BCUT2D eigenvalue weighted by atomic mass is 19.1. The molecule has 0 N–H and O–H groups in total. The van der Waals surface area contributed by atoms with Gasteiger partial charge in [0.1, 0.15) is 34.6 Å². The van der Waals surface area contributed by atoms with Crippen LogP contribution in [0.25, 0.3) is 32.9 Å². The molecule has 0 spiro atoms. The van der Waals surface area contributed by atoms with Crippen molar-refractivity contribution in [2.45, 2.75) is 83.3 Å². The highest BCUT2D eigenvalue weighted by Gasteiger charge is 2.39. The van der Waals surface area contributed by atoms with E-state index >= 15 is 4.39 Å². The molecule has 264 valence electrons. The minimum absolute atomic E-state index is 0.00554. The number of hydrogen-bond donors (Lipinski definition) is 0. The summed E-state index contributed by atoms with van der Waals surface area (Å²) in [6, 6.07) is 8.27. The molecule has 9 nitrogen and oxygen atoms in total. The van der Waals surface area contributed by atoms with Crippen LogP contribution < -0.4 is 9.64 Å². The number of pyridine rings is 1. The second kappa shape index (κ2) is 13.9. The Morgan fingerprint density at radius 2 is 1.90 bits per heavy atom. The highest BCUT2D eigenvalue weighted by Crippen LogP contribution is 2.38. The summed E-state index contributed by atoms with van der Waals surface area (Å²) >= 11 is 0. The molecule has 2 aromatic heterocycles. The van der Waals surface area contributed by atoms with Gasteiger partial charge in [-0.3, -0.25) is 9.88 Å². The van der Waals surface area contributed by atoms with Gasteiger partial charge in [-0.25, -0.2) is 18.0 Å². The summed E-state index contributed by atoms with van der Waals surface area (Å²) in [7, 11) is 3.24. The number of ether oxygens (including phenoxy) is 2. The van der Waals surface area contributed by atoms with Crippen molar-refractivity contribution >= 4 is 33.6 Å². The van der Waals surface area contributed by atoms with Gasteiger partial charge in [0.25, 0.3) is 0 Å². The maximum Gasteiger partial charge on any atom is 0.410 e. The average Bonchev–Trinajstić information content (AvgIpc) is 3.78. The molecule has 0 aliphatic carbocycles. The number of alkyl halides is 1. The molecule has 0 bridgehead atoms. The van der Waals surface area contributed by atoms with Crippen LogP contribution in [0.15, 0.2) is 36.5 Å². The van der Waals surface area contributed by atoms with Crippen LogP contribution in [0.1, 0.15) is 58.9 Å². The summed E-state index contributed by atoms with van der Waals surface area (Å²) < 4.78 is 54.5. The van der Waals surface area contributed by atoms with Gasteiger partial charge in [0.05, 0.1) is 30.1 Å². The van der Waals surface area contributed by atoms with Crippen molar-refractivity contribution in [3.8, 4) is 29.6 Å². The predicted octanol–water partition coefficient (Wildman–Crippen LogP) is 7.14. The quantitative estimate of drug-likeness (QED) is 0.209. The number of rotatable bonds is 4. The fraction of sp³-hybridized carbons (Fsp3) is 0.474. The number of halogens is 3. The van der Waals surface area contributed by atoms with E-state index in [2.05, 4.69) is 25.8 Å². The van der Waals surface area contributed by atoms with Gasteiger partial charge in [0, 0.05) is 43.3 Å². The Morgan fingerprint density at radius 3 is 2.60 bits per heavy atom. The summed E-state index contributed by atoms with van der Waals surface area (Å²) in [4.78, 5) is 32.0. The molecule has 12 heteroatoms. The first-order valence-electron chi connectivity index (χ1n) is 17.0. The third-order valence-corrected chi connectivity index (χ3v) is 9.85. The van der Waals surface area contributed by atoms with E-state index in [0.29, 0.717) is 53.1 Å². The number of methoxy groups -OCH3 is 1. The van der Waals surface area contributed by atoms with E-state index in [1.165, 1.54) is 32.2 Å². The third kappa shape index (κ3) is 6.75. The van der Waals surface area contributed by atoms with Gasteiger partial charge < -0.3 is 19.3 Å². The molecule has 4 aromatic rings. The zero-order valence-corrected chi connectivity index (χ0v) is 29.3. The summed E-state index contributed by atoms with van der Waals surface area (Å²) in [6.45, 7) is 9.77. The zero-order chi connectivity index (χ0) is 35.9. The Labute approximate surface area is 290 Å². The fourth-order valence-electron chi connectivity index (χ4n) is 7.46. The van der Waals surface area contributed by atoms with Crippen LogP contribution in [-0.4, -0.2) is 94.5 Å². The Balaban J connectivity index is 0.000000412. The Morgan fingerprint density at radius 1 is 1.12 bits per heavy atom. The van der Waals surface area contributed by atoms with Crippen molar-refractivity contribution in [1.82, 2.24) is 24.8 Å². The topological polar surface area (TPSA) is 83.9 Å². The molecule has 50 heavy (non-hydrogen) atoms. The lowest BCUT2D eigenvalue weighted by atomic mass is 9.96. The van der Waals surface area contributed by atoms with E-state index in [9.17, 15) is 13.6 Å². The smallest absolute Gasteiger partial charge is 0.410 e. The molecule has 4 atom stereocenters. The standard InChI is InChI=1S/C31H31F2N5O3.C7H12FN/c1-8-19-22(32)13-12-18-10-9-11-20(24(18)19)26-25(33)27-21(16-34-26)28(36-29(35-27)40-7)37(6)23-14-15-38(17(23)2)30(39)41-31(3,4)5;8-6-4-7-2-1-3-9(7)5-6/h1,9-13,16-17,23H,14-15H2,2-7H3;6-7H,1-5H2/t17-,23-;/m1./s1. The maximum absolute atomic E-state index is 16.3. The van der Waals surface area contributed by atoms with E-state index in [1.807, 2.05) is 39.6 Å². The van der Waals surface area contributed by atoms with Crippen molar-refractivity contribution in [3.63, 3.8) is 0 Å².